The number of thioether (sulfide) groups is 1. The molecule has 0 spiro atoms. The number of carbonyl (C=O) groups is 1. The molecule has 29 heavy (non-hydrogen) atoms. The quantitative estimate of drug-likeness (QED) is 0.655. The minimum Gasteiger partial charge on any atom is -0.497 e. The summed E-state index contributed by atoms with van der Waals surface area (Å²) in [4.78, 5) is 13.3. The van der Waals surface area contributed by atoms with Crippen molar-refractivity contribution in [3.05, 3.63) is 83.9 Å². The Balaban J connectivity index is 1.58. The summed E-state index contributed by atoms with van der Waals surface area (Å²) >= 11 is 1.44. The van der Waals surface area contributed by atoms with Crippen LogP contribution in [0.2, 0.25) is 0 Å². The topological polar surface area (TPSA) is 67.8 Å². The first-order valence-corrected chi connectivity index (χ1v) is 10.1. The van der Waals surface area contributed by atoms with Crippen molar-refractivity contribution in [1.82, 2.24) is 0 Å². The van der Waals surface area contributed by atoms with E-state index in [1.165, 1.54) is 11.8 Å². The van der Waals surface area contributed by atoms with Gasteiger partial charge in [0.15, 0.2) is 0 Å². The Hall–Kier alpha value is -2.96. The van der Waals surface area contributed by atoms with Crippen molar-refractivity contribution >= 4 is 23.4 Å². The molecule has 1 aliphatic heterocycles. The molecule has 0 saturated heterocycles. The van der Waals surface area contributed by atoms with Crippen LogP contribution in [0.4, 0.5) is 5.69 Å². The number of ether oxygens (including phenoxy) is 2. The van der Waals surface area contributed by atoms with Crippen molar-refractivity contribution in [2.75, 3.05) is 12.4 Å². The number of benzene rings is 3. The first-order chi connectivity index (χ1) is 14.1. The van der Waals surface area contributed by atoms with Gasteiger partial charge < -0.3 is 19.9 Å². The Kier molecular flexibility index (Phi) is 5.74. The maximum Gasteiger partial charge on any atom is 0.254 e. The van der Waals surface area contributed by atoms with Gasteiger partial charge >= 0.3 is 0 Å². The fourth-order valence-corrected chi connectivity index (χ4v) is 4.37. The van der Waals surface area contributed by atoms with Crippen LogP contribution >= 0.6 is 11.8 Å². The highest BCUT2D eigenvalue weighted by Crippen LogP contribution is 2.45. The fourth-order valence-electron chi connectivity index (χ4n) is 3.12. The number of aliphatic hydroxyl groups excluding tert-OH is 1. The van der Waals surface area contributed by atoms with Crippen LogP contribution < -0.4 is 14.8 Å². The third kappa shape index (κ3) is 4.39. The Morgan fingerprint density at radius 1 is 1.00 bits per heavy atom. The van der Waals surface area contributed by atoms with Gasteiger partial charge in [-0.25, -0.2) is 0 Å². The largest absolute Gasteiger partial charge is 0.497 e. The van der Waals surface area contributed by atoms with Crippen LogP contribution in [0.15, 0.2) is 77.7 Å². The van der Waals surface area contributed by atoms with Crippen LogP contribution in [0.1, 0.15) is 16.4 Å². The number of aliphatic hydroxyl groups is 1. The number of amides is 1. The molecule has 2 N–H and O–H groups in total. The highest BCUT2D eigenvalue weighted by molar-refractivity contribution is 7.99. The first-order valence-electron chi connectivity index (χ1n) is 9.24. The molecule has 3 aromatic carbocycles. The lowest BCUT2D eigenvalue weighted by molar-refractivity contribution is -0.124. The van der Waals surface area contributed by atoms with Crippen molar-refractivity contribution in [3.63, 3.8) is 0 Å². The predicted molar refractivity (Wildman–Crippen MR) is 113 cm³/mol. The van der Waals surface area contributed by atoms with Gasteiger partial charge in [-0.1, -0.05) is 42.5 Å². The molecule has 5 nitrogen and oxygen atoms in total. The second-order valence-corrected chi connectivity index (χ2v) is 7.86. The molecule has 3 aromatic rings. The van der Waals surface area contributed by atoms with Crippen LogP contribution in [0.5, 0.6) is 11.5 Å². The van der Waals surface area contributed by atoms with E-state index in [2.05, 4.69) is 5.32 Å². The van der Waals surface area contributed by atoms with Crippen LogP contribution in [-0.4, -0.2) is 24.2 Å². The van der Waals surface area contributed by atoms with Gasteiger partial charge in [0.05, 0.1) is 18.0 Å². The molecule has 4 rings (SSSR count). The van der Waals surface area contributed by atoms with E-state index in [0.29, 0.717) is 18.0 Å². The summed E-state index contributed by atoms with van der Waals surface area (Å²) in [5, 5.41) is 13.0. The minimum atomic E-state index is -1.17. The Morgan fingerprint density at radius 3 is 2.45 bits per heavy atom. The SMILES string of the molecule is COc1ccc([C@H]2Sc3cc(OCc4ccccc4)ccc3NC(=O)[C@H]2O)cc1. The van der Waals surface area contributed by atoms with Crippen LogP contribution in [0, 0.1) is 0 Å². The molecule has 1 heterocycles. The van der Waals surface area contributed by atoms with E-state index in [4.69, 9.17) is 9.47 Å². The normalized spacial score (nSPS) is 18.3. The van der Waals surface area contributed by atoms with Gasteiger partial charge in [-0.2, -0.15) is 0 Å². The lowest BCUT2D eigenvalue weighted by atomic mass is 10.1. The van der Waals surface area contributed by atoms with Crippen LogP contribution in [0.25, 0.3) is 0 Å². The Bertz CT molecular complexity index is 992. The molecule has 0 saturated carbocycles. The minimum absolute atomic E-state index is 0.421. The molecule has 0 unspecified atom stereocenters. The lowest BCUT2D eigenvalue weighted by Gasteiger charge is -2.19. The molecule has 0 radical (unpaired) electrons. The number of anilines is 1. The maximum atomic E-state index is 12.4. The van der Waals surface area contributed by atoms with Crippen molar-refractivity contribution < 1.29 is 19.4 Å². The maximum absolute atomic E-state index is 12.4. The van der Waals surface area contributed by atoms with Gasteiger partial charge in [0.25, 0.3) is 5.91 Å². The van der Waals surface area contributed by atoms with Crippen molar-refractivity contribution in [1.29, 1.82) is 0 Å². The zero-order valence-electron chi connectivity index (χ0n) is 15.9. The highest BCUT2D eigenvalue weighted by Gasteiger charge is 2.33. The van der Waals surface area contributed by atoms with E-state index in [9.17, 15) is 9.90 Å². The van der Waals surface area contributed by atoms with Gasteiger partial charge in [0.2, 0.25) is 0 Å². The molecule has 0 bridgehead atoms. The van der Waals surface area contributed by atoms with Gasteiger partial charge in [0.1, 0.15) is 24.2 Å². The zero-order chi connectivity index (χ0) is 20.2. The number of methoxy groups -OCH3 is 1. The first kappa shape index (κ1) is 19.4. The average Bonchev–Trinajstić information content (AvgIpc) is 2.89. The Morgan fingerprint density at radius 2 is 1.72 bits per heavy atom. The molecule has 0 fully saturated rings. The van der Waals surface area contributed by atoms with Crippen LogP contribution in [-0.2, 0) is 11.4 Å². The van der Waals surface area contributed by atoms with Crippen molar-refractivity contribution in [2.45, 2.75) is 22.9 Å². The standard InChI is InChI=1S/C23H21NO4S/c1-27-17-9-7-16(8-10-17)22-21(25)23(26)24-19-12-11-18(13-20(19)29-22)28-14-15-5-3-2-4-6-15/h2-13,21-22,25H,14H2,1H3,(H,24,26)/t21-,22+/m0/s1. The van der Waals surface area contributed by atoms with E-state index in [-0.39, 0.29) is 0 Å². The molecule has 1 amide bonds. The summed E-state index contributed by atoms with van der Waals surface area (Å²) in [7, 11) is 1.60. The molecule has 148 valence electrons. The fraction of sp³-hybridized carbons (Fsp3) is 0.174. The lowest BCUT2D eigenvalue weighted by Crippen LogP contribution is -2.30. The third-order valence-corrected chi connectivity index (χ3v) is 6.09. The van der Waals surface area contributed by atoms with E-state index < -0.39 is 17.3 Å². The van der Waals surface area contributed by atoms with Gasteiger partial charge in [-0.3, -0.25) is 4.79 Å². The molecule has 2 atom stereocenters. The second kappa shape index (κ2) is 8.59. The number of hydrogen-bond donors (Lipinski definition) is 2. The third-order valence-electron chi connectivity index (χ3n) is 4.71. The van der Waals surface area contributed by atoms with Gasteiger partial charge in [0, 0.05) is 4.90 Å². The monoisotopic (exact) mass is 407 g/mol. The molecule has 6 heteroatoms. The average molecular weight is 407 g/mol. The summed E-state index contributed by atoms with van der Waals surface area (Å²) in [6.45, 7) is 0.460. The number of nitrogens with one attached hydrogen (secondary N) is 1. The summed E-state index contributed by atoms with van der Waals surface area (Å²) in [6, 6.07) is 22.9. The van der Waals surface area contributed by atoms with Gasteiger partial charge in [-0.05, 0) is 41.5 Å². The van der Waals surface area contributed by atoms with Gasteiger partial charge in [-0.15, -0.1) is 11.8 Å². The zero-order valence-corrected chi connectivity index (χ0v) is 16.7. The number of carbonyl (C=O) groups excluding carboxylic acids is 1. The second-order valence-electron chi connectivity index (χ2n) is 6.68. The summed E-state index contributed by atoms with van der Waals surface area (Å²) < 4.78 is 11.1. The summed E-state index contributed by atoms with van der Waals surface area (Å²) in [6.07, 6.45) is -1.17. The molecule has 0 aliphatic carbocycles. The predicted octanol–water partition coefficient (Wildman–Crippen LogP) is 4.42. The van der Waals surface area contributed by atoms with Crippen LogP contribution in [0.3, 0.4) is 0 Å². The molecular weight excluding hydrogens is 386 g/mol. The van der Waals surface area contributed by atoms with E-state index in [1.807, 2.05) is 72.8 Å². The van der Waals surface area contributed by atoms with Crippen molar-refractivity contribution in [3.8, 4) is 11.5 Å². The smallest absolute Gasteiger partial charge is 0.254 e. The molecule has 0 aromatic heterocycles. The Labute approximate surface area is 173 Å². The highest BCUT2D eigenvalue weighted by atomic mass is 32.2. The molecular formula is C23H21NO4S. The van der Waals surface area contributed by atoms with E-state index in [1.54, 1.807) is 7.11 Å². The molecule has 1 aliphatic rings. The van der Waals surface area contributed by atoms with E-state index >= 15 is 0 Å². The van der Waals surface area contributed by atoms with E-state index in [0.717, 1.165) is 21.8 Å². The van der Waals surface area contributed by atoms with Crippen molar-refractivity contribution in [2.24, 2.45) is 0 Å². The number of hydrogen-bond acceptors (Lipinski definition) is 5. The number of fused-ring (bicyclic) bond motifs is 1. The summed E-state index contributed by atoms with van der Waals surface area (Å²) in [5.41, 5.74) is 2.60. The summed E-state index contributed by atoms with van der Waals surface area (Å²) in [5.74, 6) is 1.01. The number of rotatable bonds is 5.